The highest BCUT2D eigenvalue weighted by Gasteiger charge is 2.02. The van der Waals surface area contributed by atoms with Crippen molar-refractivity contribution in [2.45, 2.75) is 46.1 Å². The van der Waals surface area contributed by atoms with E-state index in [4.69, 9.17) is 0 Å². The number of hydrogen-bond acceptors (Lipinski definition) is 3. The van der Waals surface area contributed by atoms with Crippen LogP contribution in [0, 0.1) is 0 Å². The predicted molar refractivity (Wildman–Crippen MR) is 103 cm³/mol. The molecule has 136 valence electrons. The second-order valence-corrected chi connectivity index (χ2v) is 6.42. The molecule has 0 spiro atoms. The Kier molecular flexibility index (Phi) is 7.44. The van der Waals surface area contributed by atoms with Gasteiger partial charge in [0, 0.05) is 20.1 Å². The summed E-state index contributed by atoms with van der Waals surface area (Å²) in [5, 5.41) is 10.7. The molecule has 0 unspecified atom stereocenters. The zero-order valence-electron chi connectivity index (χ0n) is 15.8. The molecule has 25 heavy (non-hydrogen) atoms. The van der Waals surface area contributed by atoms with Gasteiger partial charge in [-0.25, -0.2) is 9.98 Å². The highest BCUT2D eigenvalue weighted by Crippen LogP contribution is 2.15. The summed E-state index contributed by atoms with van der Waals surface area (Å²) in [6.07, 6.45) is 3.68. The molecule has 1 aromatic carbocycles. The van der Waals surface area contributed by atoms with Gasteiger partial charge in [-0.1, -0.05) is 38.1 Å². The van der Waals surface area contributed by atoms with Crippen molar-refractivity contribution in [3.63, 3.8) is 0 Å². The van der Waals surface area contributed by atoms with E-state index in [1.807, 2.05) is 7.05 Å². The van der Waals surface area contributed by atoms with Gasteiger partial charge in [-0.15, -0.1) is 0 Å². The molecule has 2 rings (SSSR count). The number of nitrogens with zero attached hydrogens (tertiary/aromatic N) is 4. The maximum absolute atomic E-state index is 4.56. The first kappa shape index (κ1) is 19.0. The Morgan fingerprint density at radius 3 is 2.56 bits per heavy atom. The molecule has 0 aliphatic heterocycles. The number of hydrogen-bond donors (Lipinski definition) is 2. The van der Waals surface area contributed by atoms with Gasteiger partial charge < -0.3 is 10.6 Å². The lowest BCUT2D eigenvalue weighted by Gasteiger charge is -2.11. The lowest BCUT2D eigenvalue weighted by atomic mass is 10.0. The zero-order valence-corrected chi connectivity index (χ0v) is 15.8. The van der Waals surface area contributed by atoms with Crippen LogP contribution in [0.2, 0.25) is 0 Å². The second-order valence-electron chi connectivity index (χ2n) is 6.42. The van der Waals surface area contributed by atoms with Crippen molar-refractivity contribution in [2.24, 2.45) is 12.0 Å². The average molecular weight is 342 g/mol. The van der Waals surface area contributed by atoms with Crippen molar-refractivity contribution >= 4 is 5.96 Å². The summed E-state index contributed by atoms with van der Waals surface area (Å²) in [5.41, 5.74) is 2.78. The number of guanidine groups is 1. The molecule has 0 radical (unpaired) electrons. The Hall–Kier alpha value is -2.37. The third-order valence-corrected chi connectivity index (χ3v) is 4.11. The van der Waals surface area contributed by atoms with E-state index in [1.165, 1.54) is 11.1 Å². The smallest absolute Gasteiger partial charge is 0.191 e. The van der Waals surface area contributed by atoms with Gasteiger partial charge in [-0.3, -0.25) is 4.68 Å². The van der Waals surface area contributed by atoms with Crippen LogP contribution in [-0.2, 0) is 20.0 Å². The fraction of sp³-hybridized carbons (Fsp3) is 0.526. The van der Waals surface area contributed by atoms with Gasteiger partial charge in [-0.05, 0) is 36.8 Å². The monoisotopic (exact) mass is 342 g/mol. The van der Waals surface area contributed by atoms with Crippen molar-refractivity contribution in [1.29, 1.82) is 0 Å². The molecule has 1 aromatic heterocycles. The maximum Gasteiger partial charge on any atom is 0.191 e. The van der Waals surface area contributed by atoms with Crippen LogP contribution in [0.4, 0.5) is 0 Å². The molecule has 0 aliphatic carbocycles. The first-order chi connectivity index (χ1) is 12.1. The first-order valence-electron chi connectivity index (χ1n) is 9.04. The van der Waals surface area contributed by atoms with Crippen molar-refractivity contribution in [2.75, 3.05) is 13.1 Å². The van der Waals surface area contributed by atoms with E-state index in [0.717, 1.165) is 37.7 Å². The van der Waals surface area contributed by atoms with E-state index < -0.39 is 0 Å². The Balaban J connectivity index is 1.78. The lowest BCUT2D eigenvalue weighted by Crippen LogP contribution is -2.38. The van der Waals surface area contributed by atoms with E-state index in [2.05, 4.69) is 70.7 Å². The highest BCUT2D eigenvalue weighted by molar-refractivity contribution is 5.79. The van der Waals surface area contributed by atoms with Crippen molar-refractivity contribution in [1.82, 2.24) is 25.4 Å². The first-order valence-corrected chi connectivity index (χ1v) is 9.04. The van der Waals surface area contributed by atoms with Crippen LogP contribution in [-0.4, -0.2) is 33.8 Å². The van der Waals surface area contributed by atoms with E-state index in [1.54, 1.807) is 11.0 Å². The lowest BCUT2D eigenvalue weighted by molar-refractivity contribution is 0.694. The number of rotatable bonds is 8. The molecule has 6 nitrogen and oxygen atoms in total. The van der Waals surface area contributed by atoms with Crippen molar-refractivity contribution in [3.05, 3.63) is 47.5 Å². The number of aromatic nitrogens is 3. The van der Waals surface area contributed by atoms with Gasteiger partial charge >= 0.3 is 0 Å². The van der Waals surface area contributed by atoms with E-state index in [9.17, 15) is 0 Å². The quantitative estimate of drug-likeness (QED) is 0.440. The van der Waals surface area contributed by atoms with E-state index in [0.29, 0.717) is 12.5 Å². The Morgan fingerprint density at radius 1 is 1.20 bits per heavy atom. The molecule has 0 saturated carbocycles. The van der Waals surface area contributed by atoms with Crippen LogP contribution < -0.4 is 10.6 Å². The molecule has 2 aromatic rings. The fourth-order valence-electron chi connectivity index (χ4n) is 2.52. The standard InChI is InChI=1S/C19H30N6/c1-5-20-19(22-13-18-23-14-24-25(18)4)21-12-6-7-16-8-10-17(11-9-16)15(2)3/h8-11,14-15H,5-7,12-13H2,1-4H3,(H2,20,21,22). The summed E-state index contributed by atoms with van der Waals surface area (Å²) in [4.78, 5) is 8.76. The van der Waals surface area contributed by atoms with Gasteiger partial charge in [-0.2, -0.15) is 5.10 Å². The molecular formula is C19H30N6. The Labute approximate surface area is 150 Å². The topological polar surface area (TPSA) is 67.1 Å². The summed E-state index contributed by atoms with van der Waals surface area (Å²) < 4.78 is 1.74. The summed E-state index contributed by atoms with van der Waals surface area (Å²) in [6.45, 7) is 8.75. The average Bonchev–Trinajstić information content (AvgIpc) is 3.02. The van der Waals surface area contributed by atoms with Crippen molar-refractivity contribution in [3.8, 4) is 0 Å². The molecule has 0 aliphatic rings. The van der Waals surface area contributed by atoms with E-state index in [-0.39, 0.29) is 0 Å². The fourth-order valence-corrected chi connectivity index (χ4v) is 2.52. The van der Waals surface area contributed by atoms with Crippen molar-refractivity contribution < 1.29 is 0 Å². The van der Waals surface area contributed by atoms with Crippen LogP contribution in [0.5, 0.6) is 0 Å². The Bertz CT molecular complexity index is 657. The molecule has 6 heteroatoms. The molecular weight excluding hydrogens is 312 g/mol. The summed E-state index contributed by atoms with van der Waals surface area (Å²) in [6, 6.07) is 8.95. The second kappa shape index (κ2) is 9.81. The third-order valence-electron chi connectivity index (χ3n) is 4.11. The van der Waals surface area contributed by atoms with Gasteiger partial charge in [0.05, 0.1) is 0 Å². The predicted octanol–water partition coefficient (Wildman–Crippen LogP) is 2.63. The van der Waals surface area contributed by atoms with Gasteiger partial charge in [0.15, 0.2) is 5.96 Å². The van der Waals surface area contributed by atoms with Gasteiger partial charge in [0.1, 0.15) is 18.7 Å². The van der Waals surface area contributed by atoms with Crippen LogP contribution in [0.3, 0.4) is 0 Å². The molecule has 2 N–H and O–H groups in total. The van der Waals surface area contributed by atoms with E-state index >= 15 is 0 Å². The minimum absolute atomic E-state index is 0.516. The molecule has 0 saturated heterocycles. The number of benzene rings is 1. The normalized spacial score (nSPS) is 11.8. The van der Waals surface area contributed by atoms with Crippen LogP contribution in [0.1, 0.15) is 50.1 Å². The van der Waals surface area contributed by atoms with Crippen LogP contribution >= 0.6 is 0 Å². The largest absolute Gasteiger partial charge is 0.357 e. The minimum atomic E-state index is 0.516. The summed E-state index contributed by atoms with van der Waals surface area (Å²) >= 11 is 0. The zero-order chi connectivity index (χ0) is 18.1. The van der Waals surface area contributed by atoms with Crippen LogP contribution in [0.25, 0.3) is 0 Å². The van der Waals surface area contributed by atoms with Gasteiger partial charge in [0.25, 0.3) is 0 Å². The Morgan fingerprint density at radius 2 is 1.96 bits per heavy atom. The number of aliphatic imine (C=N–C) groups is 1. The molecule has 0 bridgehead atoms. The summed E-state index contributed by atoms with van der Waals surface area (Å²) in [5.74, 6) is 2.26. The molecule has 1 heterocycles. The maximum atomic E-state index is 4.56. The number of aryl methyl sites for hydroxylation is 2. The van der Waals surface area contributed by atoms with Gasteiger partial charge in [0.2, 0.25) is 0 Å². The third kappa shape index (κ3) is 6.21. The molecule has 0 fully saturated rings. The summed E-state index contributed by atoms with van der Waals surface area (Å²) in [7, 11) is 1.88. The molecule has 0 amide bonds. The minimum Gasteiger partial charge on any atom is -0.357 e. The molecule has 0 atom stereocenters. The van der Waals surface area contributed by atoms with Crippen LogP contribution in [0.15, 0.2) is 35.6 Å². The SMILES string of the molecule is CCNC(=NCc1ncnn1C)NCCCc1ccc(C(C)C)cc1. The number of nitrogens with one attached hydrogen (secondary N) is 2. The highest BCUT2D eigenvalue weighted by atomic mass is 15.3.